The number of nitrogens with one attached hydrogen (secondary N) is 1. The number of rotatable bonds is 5. The lowest BCUT2D eigenvalue weighted by Crippen LogP contribution is -2.49. The average Bonchev–Trinajstić information content (AvgIpc) is 2.58. The van der Waals surface area contributed by atoms with Crippen LogP contribution in [-0.4, -0.2) is 35.6 Å². The van der Waals surface area contributed by atoms with Gasteiger partial charge in [-0.05, 0) is 46.0 Å². The molecule has 0 aromatic carbocycles. The summed E-state index contributed by atoms with van der Waals surface area (Å²) in [4.78, 5) is 2.53. The lowest BCUT2D eigenvalue weighted by molar-refractivity contribution is 0.201. The maximum atomic E-state index is 9.40. The summed E-state index contributed by atoms with van der Waals surface area (Å²) >= 11 is 0. The summed E-state index contributed by atoms with van der Waals surface area (Å²) in [6.07, 6.45) is 0.890. The van der Waals surface area contributed by atoms with Crippen LogP contribution in [0.15, 0.2) is 0 Å². The molecule has 0 aromatic heterocycles. The van der Waals surface area contributed by atoms with Gasteiger partial charge in [0.15, 0.2) is 0 Å². The molecule has 4 atom stereocenters. The fourth-order valence-electron chi connectivity index (χ4n) is 3.03. The van der Waals surface area contributed by atoms with Crippen molar-refractivity contribution >= 4 is 0 Å². The molecular formula is C15H29N3. The number of hydrogen-bond acceptors (Lipinski definition) is 3. The predicted molar refractivity (Wildman–Crippen MR) is 76.3 cm³/mol. The van der Waals surface area contributed by atoms with Crippen LogP contribution in [0.5, 0.6) is 0 Å². The van der Waals surface area contributed by atoms with Crippen molar-refractivity contribution in [1.82, 2.24) is 10.2 Å². The Hall–Kier alpha value is -0.590. The third kappa shape index (κ3) is 3.96. The molecule has 1 rings (SSSR count). The zero-order chi connectivity index (χ0) is 13.9. The molecule has 0 spiro atoms. The smallest absolute Gasteiger partial charge is 0.105 e. The maximum absolute atomic E-state index is 9.40. The molecule has 18 heavy (non-hydrogen) atoms. The van der Waals surface area contributed by atoms with Gasteiger partial charge in [0.2, 0.25) is 0 Å². The fourth-order valence-corrected chi connectivity index (χ4v) is 3.03. The summed E-state index contributed by atoms with van der Waals surface area (Å²) in [7, 11) is 0. The normalized spacial score (nSPS) is 30.1. The van der Waals surface area contributed by atoms with Gasteiger partial charge in [-0.15, -0.1) is 0 Å². The van der Waals surface area contributed by atoms with E-state index < -0.39 is 5.54 Å². The predicted octanol–water partition coefficient (Wildman–Crippen LogP) is 2.63. The Morgan fingerprint density at radius 3 is 2.17 bits per heavy atom. The van der Waals surface area contributed by atoms with Crippen molar-refractivity contribution in [3.05, 3.63) is 0 Å². The van der Waals surface area contributed by atoms with Gasteiger partial charge in [-0.2, -0.15) is 5.26 Å². The second-order valence-corrected chi connectivity index (χ2v) is 6.70. The SMILES string of the molecule is CC(C)NC(C)(C#N)CC(C)N1CC(C)C(C)C1. The summed E-state index contributed by atoms with van der Waals surface area (Å²) in [5.74, 6) is 1.55. The van der Waals surface area contributed by atoms with E-state index in [0.717, 1.165) is 18.3 Å². The van der Waals surface area contributed by atoms with Crippen LogP contribution < -0.4 is 5.32 Å². The highest BCUT2D eigenvalue weighted by molar-refractivity contribution is 5.06. The fraction of sp³-hybridized carbons (Fsp3) is 0.933. The van der Waals surface area contributed by atoms with Gasteiger partial charge < -0.3 is 4.90 Å². The van der Waals surface area contributed by atoms with Gasteiger partial charge in [0, 0.05) is 25.2 Å². The monoisotopic (exact) mass is 251 g/mol. The highest BCUT2D eigenvalue weighted by Gasteiger charge is 2.34. The molecule has 1 N–H and O–H groups in total. The van der Waals surface area contributed by atoms with Crippen LogP contribution in [-0.2, 0) is 0 Å². The zero-order valence-corrected chi connectivity index (χ0v) is 12.8. The molecule has 4 unspecified atom stereocenters. The molecule has 0 amide bonds. The van der Waals surface area contributed by atoms with E-state index in [1.807, 2.05) is 6.92 Å². The zero-order valence-electron chi connectivity index (χ0n) is 12.8. The third-order valence-electron chi connectivity index (χ3n) is 4.20. The van der Waals surface area contributed by atoms with Gasteiger partial charge in [-0.1, -0.05) is 13.8 Å². The third-order valence-corrected chi connectivity index (χ3v) is 4.20. The largest absolute Gasteiger partial charge is 0.300 e. The van der Waals surface area contributed by atoms with E-state index in [0.29, 0.717) is 12.1 Å². The van der Waals surface area contributed by atoms with E-state index in [4.69, 9.17) is 0 Å². The van der Waals surface area contributed by atoms with Crippen LogP contribution in [0.25, 0.3) is 0 Å². The molecule has 1 fully saturated rings. The number of hydrogen-bond donors (Lipinski definition) is 1. The number of nitriles is 1. The molecule has 0 saturated carbocycles. The summed E-state index contributed by atoms with van der Waals surface area (Å²) in [5.41, 5.74) is -0.414. The van der Waals surface area contributed by atoms with Crippen molar-refractivity contribution in [2.24, 2.45) is 11.8 Å². The van der Waals surface area contributed by atoms with Crippen LogP contribution in [0.2, 0.25) is 0 Å². The van der Waals surface area contributed by atoms with Crippen LogP contribution in [0.4, 0.5) is 0 Å². The van der Waals surface area contributed by atoms with Crippen molar-refractivity contribution < 1.29 is 0 Å². The van der Waals surface area contributed by atoms with Crippen LogP contribution in [0.1, 0.15) is 48.0 Å². The summed E-state index contributed by atoms with van der Waals surface area (Å²) in [6, 6.07) is 3.26. The molecular weight excluding hydrogens is 222 g/mol. The van der Waals surface area contributed by atoms with Gasteiger partial charge in [0.05, 0.1) is 6.07 Å². The average molecular weight is 251 g/mol. The standard InChI is InChI=1S/C15H29N3/c1-11(2)17-15(6,10-16)7-14(5)18-8-12(3)13(4)9-18/h11-14,17H,7-9H2,1-6H3. The molecule has 0 aromatic rings. The highest BCUT2D eigenvalue weighted by Crippen LogP contribution is 2.26. The quantitative estimate of drug-likeness (QED) is 0.816. The summed E-state index contributed by atoms with van der Waals surface area (Å²) in [6.45, 7) is 15.5. The van der Waals surface area contributed by atoms with E-state index in [-0.39, 0.29) is 0 Å². The minimum atomic E-state index is -0.414. The van der Waals surface area contributed by atoms with Crippen molar-refractivity contribution in [3.63, 3.8) is 0 Å². The minimum Gasteiger partial charge on any atom is -0.300 e. The van der Waals surface area contributed by atoms with E-state index in [2.05, 4.69) is 50.9 Å². The molecule has 1 aliphatic rings. The summed E-state index contributed by atoms with van der Waals surface area (Å²) in [5, 5.41) is 12.8. The highest BCUT2D eigenvalue weighted by atomic mass is 15.2. The van der Waals surface area contributed by atoms with Crippen LogP contribution in [0.3, 0.4) is 0 Å². The first-order valence-corrected chi connectivity index (χ1v) is 7.20. The molecule has 1 heterocycles. The van der Waals surface area contributed by atoms with Crippen LogP contribution >= 0.6 is 0 Å². The number of likely N-dealkylation sites (tertiary alicyclic amines) is 1. The first kappa shape index (κ1) is 15.5. The second kappa shape index (κ2) is 6.04. The van der Waals surface area contributed by atoms with Gasteiger partial charge in [0.1, 0.15) is 5.54 Å². The Morgan fingerprint density at radius 1 is 1.28 bits per heavy atom. The van der Waals surface area contributed by atoms with E-state index >= 15 is 0 Å². The maximum Gasteiger partial charge on any atom is 0.105 e. The van der Waals surface area contributed by atoms with Crippen molar-refractivity contribution in [2.45, 2.75) is 65.6 Å². The van der Waals surface area contributed by atoms with E-state index in [1.54, 1.807) is 0 Å². The Bertz CT molecular complexity index is 297. The molecule has 3 nitrogen and oxygen atoms in total. The summed E-state index contributed by atoms with van der Waals surface area (Å²) < 4.78 is 0. The molecule has 0 aliphatic carbocycles. The van der Waals surface area contributed by atoms with Gasteiger partial charge in [-0.25, -0.2) is 0 Å². The second-order valence-electron chi connectivity index (χ2n) is 6.70. The Balaban J connectivity index is 2.58. The molecule has 0 radical (unpaired) electrons. The van der Waals surface area contributed by atoms with Gasteiger partial charge >= 0.3 is 0 Å². The topological polar surface area (TPSA) is 39.1 Å². The first-order valence-electron chi connectivity index (χ1n) is 7.20. The van der Waals surface area contributed by atoms with Crippen LogP contribution in [0, 0.1) is 23.2 Å². The van der Waals surface area contributed by atoms with Crippen molar-refractivity contribution in [2.75, 3.05) is 13.1 Å². The van der Waals surface area contributed by atoms with E-state index in [1.165, 1.54) is 13.1 Å². The van der Waals surface area contributed by atoms with Crippen molar-refractivity contribution in [1.29, 1.82) is 5.26 Å². The lowest BCUT2D eigenvalue weighted by atomic mass is 9.93. The first-order chi connectivity index (χ1) is 8.27. The molecule has 104 valence electrons. The molecule has 1 aliphatic heterocycles. The molecule has 1 saturated heterocycles. The molecule has 3 heteroatoms. The van der Waals surface area contributed by atoms with Gasteiger partial charge in [-0.3, -0.25) is 5.32 Å². The molecule has 0 bridgehead atoms. The minimum absolute atomic E-state index is 0.346. The Labute approximate surface area is 113 Å². The van der Waals surface area contributed by atoms with Gasteiger partial charge in [0.25, 0.3) is 0 Å². The van der Waals surface area contributed by atoms with E-state index in [9.17, 15) is 5.26 Å². The Morgan fingerprint density at radius 2 is 1.78 bits per heavy atom. The Kier molecular flexibility index (Phi) is 5.19. The number of nitrogens with zero attached hydrogens (tertiary/aromatic N) is 2. The lowest BCUT2D eigenvalue weighted by Gasteiger charge is -2.33. The van der Waals surface area contributed by atoms with Crippen molar-refractivity contribution in [3.8, 4) is 6.07 Å².